The van der Waals surface area contributed by atoms with Gasteiger partial charge >= 0.3 is 7.90 Å². The summed E-state index contributed by atoms with van der Waals surface area (Å²) in [6.45, 7) is 0. The van der Waals surface area contributed by atoms with Crippen molar-refractivity contribution in [2.45, 2.75) is 6.42 Å². The molecule has 0 amide bonds. The zero-order chi connectivity index (χ0) is 9.62. The monoisotopic (exact) mass is 234 g/mol. The van der Waals surface area contributed by atoms with Gasteiger partial charge in [-0.2, -0.15) is 8.42 Å². The maximum atomic E-state index is 10.8. The maximum Gasteiger partial charge on any atom is 0.357 e. The number of hydrogen-bond donors (Lipinski definition) is 0. The highest BCUT2D eigenvalue weighted by atomic mass is 33.6. The lowest BCUT2D eigenvalue weighted by Crippen LogP contribution is -2.34. The summed E-state index contributed by atoms with van der Waals surface area (Å²) in [6, 6.07) is 0. The van der Waals surface area contributed by atoms with E-state index >= 15 is 0 Å². The summed E-state index contributed by atoms with van der Waals surface area (Å²) in [4.78, 5) is 0. The van der Waals surface area contributed by atoms with E-state index in [-0.39, 0.29) is 6.42 Å². The van der Waals surface area contributed by atoms with Crippen molar-refractivity contribution in [2.75, 3.05) is 11.5 Å². The van der Waals surface area contributed by atoms with Crippen LogP contribution in [-0.2, 0) is 25.6 Å². The van der Waals surface area contributed by atoms with Crippen LogP contribution in [0.5, 0.6) is 0 Å². The van der Waals surface area contributed by atoms with Crippen LogP contribution in [0.4, 0.5) is 0 Å². The van der Waals surface area contributed by atoms with Crippen LogP contribution in [0.1, 0.15) is 6.42 Å². The van der Waals surface area contributed by atoms with Gasteiger partial charge in [0.1, 0.15) is 0 Å². The molecule has 0 saturated carbocycles. The zero-order valence-corrected chi connectivity index (χ0v) is 8.25. The Labute approximate surface area is 69.1 Å². The molecule has 1 aliphatic heterocycles. The van der Waals surface area contributed by atoms with E-state index in [9.17, 15) is 25.3 Å². The van der Waals surface area contributed by atoms with Crippen molar-refractivity contribution < 1.29 is 25.3 Å². The zero-order valence-electron chi connectivity index (χ0n) is 5.80. The van der Waals surface area contributed by atoms with Gasteiger partial charge in [0.15, 0.2) is 0 Å². The predicted octanol–water partition coefficient (Wildman–Crippen LogP) is -1.54. The van der Waals surface area contributed by atoms with E-state index < -0.39 is 37.1 Å². The van der Waals surface area contributed by atoms with E-state index in [1.54, 1.807) is 0 Å². The summed E-state index contributed by atoms with van der Waals surface area (Å²) >= 11 is 0. The van der Waals surface area contributed by atoms with Crippen molar-refractivity contribution in [2.24, 2.45) is 0 Å². The SMILES string of the molecule is O=S1(=O)CCCS(=O)(=O)S1(=O)=O. The molecule has 0 N–H and O–H groups in total. The molecule has 12 heavy (non-hydrogen) atoms. The quantitative estimate of drug-likeness (QED) is 0.471. The highest BCUT2D eigenvalue weighted by molar-refractivity contribution is 8.99. The summed E-state index contributed by atoms with van der Waals surface area (Å²) in [5.41, 5.74) is 0. The Bertz CT molecular complexity index is 436. The highest BCUT2D eigenvalue weighted by Gasteiger charge is 2.45. The van der Waals surface area contributed by atoms with Gasteiger partial charge in [0.05, 0.1) is 11.5 Å². The van der Waals surface area contributed by atoms with Gasteiger partial charge in [0, 0.05) is 0 Å². The second kappa shape index (κ2) is 2.42. The molecular weight excluding hydrogens is 228 g/mol. The summed E-state index contributed by atoms with van der Waals surface area (Å²) in [7, 11) is -14.0. The molecule has 6 nitrogen and oxygen atoms in total. The first-order valence-corrected chi connectivity index (χ1v) is 8.73. The van der Waals surface area contributed by atoms with E-state index in [1.165, 1.54) is 0 Å². The molecule has 0 aromatic rings. The fourth-order valence-electron chi connectivity index (χ4n) is 0.775. The Hall–Kier alpha value is -0.150. The van der Waals surface area contributed by atoms with Gasteiger partial charge in [0.2, 0.25) is 0 Å². The largest absolute Gasteiger partial charge is 0.357 e. The molecule has 0 spiro atoms. The first kappa shape index (κ1) is 9.93. The smallest absolute Gasteiger partial charge is 0.212 e. The second-order valence-corrected chi connectivity index (χ2v) is 12.5. The molecule has 1 fully saturated rings. The number of hydrogen-bond acceptors (Lipinski definition) is 6. The highest BCUT2D eigenvalue weighted by Crippen LogP contribution is 2.20. The van der Waals surface area contributed by atoms with Gasteiger partial charge in [-0.15, -0.1) is 0 Å². The Morgan fingerprint density at radius 2 is 1.00 bits per heavy atom. The first-order chi connectivity index (χ1) is 5.21. The molecule has 1 rings (SSSR count). The first-order valence-electron chi connectivity index (χ1n) is 2.91. The third-order valence-electron chi connectivity index (χ3n) is 1.41. The molecule has 72 valence electrons. The molecule has 0 aliphatic carbocycles. The Balaban J connectivity index is 3.60. The van der Waals surface area contributed by atoms with Gasteiger partial charge in [-0.05, 0) is 6.42 Å². The molecule has 0 aromatic heterocycles. The Morgan fingerprint density at radius 3 is 1.25 bits per heavy atom. The van der Waals surface area contributed by atoms with Crippen LogP contribution in [-0.4, -0.2) is 36.8 Å². The molecule has 9 heteroatoms. The lowest BCUT2D eigenvalue weighted by atomic mass is 10.6. The molecule has 1 heterocycles. The second-order valence-electron chi connectivity index (χ2n) is 2.29. The van der Waals surface area contributed by atoms with Crippen molar-refractivity contribution in [3.63, 3.8) is 0 Å². The van der Waals surface area contributed by atoms with Crippen molar-refractivity contribution in [3.05, 3.63) is 0 Å². The van der Waals surface area contributed by atoms with Gasteiger partial charge in [-0.1, -0.05) is 0 Å². The molecule has 0 bridgehead atoms. The van der Waals surface area contributed by atoms with Crippen LogP contribution in [0, 0.1) is 0 Å². The number of rotatable bonds is 0. The van der Waals surface area contributed by atoms with E-state index in [4.69, 9.17) is 0 Å². The van der Waals surface area contributed by atoms with Crippen molar-refractivity contribution in [1.82, 2.24) is 0 Å². The molecule has 1 aliphatic rings. The van der Waals surface area contributed by atoms with E-state index in [0.29, 0.717) is 0 Å². The lowest BCUT2D eigenvalue weighted by molar-refractivity contribution is 0.572. The van der Waals surface area contributed by atoms with Gasteiger partial charge < -0.3 is 0 Å². The van der Waals surface area contributed by atoms with Crippen LogP contribution < -0.4 is 0 Å². The van der Waals surface area contributed by atoms with Gasteiger partial charge in [-0.3, -0.25) is 0 Å². The maximum absolute atomic E-state index is 10.8. The van der Waals surface area contributed by atoms with Crippen molar-refractivity contribution in [3.8, 4) is 0 Å². The van der Waals surface area contributed by atoms with Crippen LogP contribution >= 0.6 is 0 Å². The summed E-state index contributed by atoms with van der Waals surface area (Å²) in [5.74, 6) is -1.21. The van der Waals surface area contributed by atoms with E-state index in [1.807, 2.05) is 0 Å². The molecule has 0 aromatic carbocycles. The molecule has 0 unspecified atom stereocenters. The fourth-order valence-corrected chi connectivity index (χ4v) is 9.62. The van der Waals surface area contributed by atoms with Crippen LogP contribution in [0.3, 0.4) is 0 Å². The molecule has 1 saturated heterocycles. The minimum absolute atomic E-state index is 0.149. The lowest BCUT2D eigenvalue weighted by Gasteiger charge is -2.11. The van der Waals surface area contributed by atoms with Crippen LogP contribution in [0.15, 0.2) is 0 Å². The Kier molecular flexibility index (Phi) is 2.00. The predicted molar refractivity (Wildman–Crippen MR) is 41.1 cm³/mol. The summed E-state index contributed by atoms with van der Waals surface area (Å²) in [6.07, 6.45) is -0.149. The minimum atomic E-state index is -4.99. The van der Waals surface area contributed by atoms with E-state index in [2.05, 4.69) is 0 Å². The van der Waals surface area contributed by atoms with Crippen molar-refractivity contribution in [1.29, 1.82) is 0 Å². The normalized spacial score (nSPS) is 31.0. The van der Waals surface area contributed by atoms with Gasteiger partial charge in [-0.25, -0.2) is 16.8 Å². The molecule has 0 radical (unpaired) electrons. The summed E-state index contributed by atoms with van der Waals surface area (Å²) in [5, 5.41) is 0. The van der Waals surface area contributed by atoms with E-state index in [0.717, 1.165) is 0 Å². The Morgan fingerprint density at radius 1 is 0.667 bits per heavy atom. The average Bonchev–Trinajstić information content (AvgIpc) is 1.83. The molecule has 0 atom stereocenters. The minimum Gasteiger partial charge on any atom is -0.212 e. The third kappa shape index (κ3) is 1.15. The third-order valence-corrected chi connectivity index (χ3v) is 12.7. The molecular formula is C3H6O6S3. The van der Waals surface area contributed by atoms with Gasteiger partial charge in [0.25, 0.3) is 17.7 Å². The van der Waals surface area contributed by atoms with Crippen LogP contribution in [0.25, 0.3) is 0 Å². The topological polar surface area (TPSA) is 102 Å². The summed E-state index contributed by atoms with van der Waals surface area (Å²) < 4.78 is 64.6. The average molecular weight is 234 g/mol. The fraction of sp³-hybridized carbons (Fsp3) is 1.00. The standard InChI is InChI=1S/C3H6O6S3/c4-10(5)2-1-3-11(6,7)12(10,8)9/h1-3H2. The van der Waals surface area contributed by atoms with Crippen LogP contribution in [0.2, 0.25) is 0 Å². The van der Waals surface area contributed by atoms with Crippen molar-refractivity contribution >= 4 is 25.6 Å².